The van der Waals surface area contributed by atoms with Gasteiger partial charge in [-0.1, -0.05) is 286 Å². The lowest BCUT2D eigenvalue weighted by Gasteiger charge is -2.24. The number of hydrogen-bond donors (Lipinski definition) is 1. The molecule has 4 heterocycles. The van der Waals surface area contributed by atoms with Gasteiger partial charge in [0, 0.05) is 128 Å². The van der Waals surface area contributed by atoms with Crippen LogP contribution >= 0.6 is 0 Å². The van der Waals surface area contributed by atoms with Crippen molar-refractivity contribution in [1.29, 1.82) is 0 Å². The van der Waals surface area contributed by atoms with Gasteiger partial charge in [0.2, 0.25) is 23.6 Å². The zero-order chi connectivity index (χ0) is 74.7. The van der Waals surface area contributed by atoms with Crippen molar-refractivity contribution in [2.75, 3.05) is 49.5 Å². The summed E-state index contributed by atoms with van der Waals surface area (Å²) in [6.45, 7) is 61.7. The van der Waals surface area contributed by atoms with E-state index in [9.17, 15) is 19.2 Å². The maximum atomic E-state index is 12.2. The van der Waals surface area contributed by atoms with Crippen LogP contribution in [0.3, 0.4) is 0 Å². The third kappa shape index (κ3) is 25.5. The Morgan fingerprint density at radius 2 is 0.657 bits per heavy atom. The van der Waals surface area contributed by atoms with Gasteiger partial charge in [0.25, 0.3) is 0 Å². The molecular weight excluding hydrogens is 1220 g/mol. The first-order valence-corrected chi connectivity index (χ1v) is 35.8. The van der Waals surface area contributed by atoms with E-state index in [4.69, 9.17) is 9.47 Å². The smallest absolute Gasteiger partial charge is 0.230 e. The summed E-state index contributed by atoms with van der Waals surface area (Å²) in [5, 5.41) is 3.06. The average Bonchev–Trinajstić information content (AvgIpc) is 1.69. The van der Waals surface area contributed by atoms with Crippen LogP contribution in [0.1, 0.15) is 209 Å². The molecule has 548 valence electrons. The average molecular weight is 1360 g/mol. The second-order valence-electron chi connectivity index (χ2n) is 29.1. The van der Waals surface area contributed by atoms with Crippen molar-refractivity contribution < 1.29 is 28.7 Å². The molecule has 4 aromatic carbocycles. The Balaban J connectivity index is 0.000000591. The second kappa shape index (κ2) is 42.4. The zero-order valence-corrected chi connectivity index (χ0v) is 65.2. The van der Waals surface area contributed by atoms with E-state index in [1.807, 2.05) is 59.5 Å². The molecule has 8 rings (SSSR count). The highest BCUT2D eigenvalue weighted by Gasteiger charge is 2.43. The van der Waals surface area contributed by atoms with E-state index < -0.39 is 0 Å². The number of hydrogen-bond acceptors (Lipinski definition) is 7. The van der Waals surface area contributed by atoms with Crippen LogP contribution in [0.15, 0.2) is 207 Å². The summed E-state index contributed by atoms with van der Waals surface area (Å²) >= 11 is 0. The first-order valence-electron chi connectivity index (χ1n) is 35.8. The van der Waals surface area contributed by atoms with E-state index in [-0.39, 0.29) is 89.2 Å². The van der Waals surface area contributed by atoms with Crippen LogP contribution in [0.25, 0.3) is 0 Å². The van der Waals surface area contributed by atoms with Crippen molar-refractivity contribution >= 4 is 23.6 Å². The molecule has 13 atom stereocenters. The third-order valence-corrected chi connectivity index (χ3v) is 22.0. The van der Waals surface area contributed by atoms with Gasteiger partial charge < -0.3 is 34.4 Å². The molecule has 4 saturated heterocycles. The maximum absolute atomic E-state index is 12.2. The van der Waals surface area contributed by atoms with E-state index >= 15 is 0 Å². The molecular formula is C88H135N5O6. The van der Waals surface area contributed by atoms with Crippen molar-refractivity contribution in [1.82, 2.24) is 24.9 Å². The van der Waals surface area contributed by atoms with Gasteiger partial charge in [-0.25, -0.2) is 0 Å². The van der Waals surface area contributed by atoms with Crippen LogP contribution in [-0.4, -0.2) is 92.7 Å². The molecule has 1 N–H and O–H groups in total. The summed E-state index contributed by atoms with van der Waals surface area (Å²) in [5.74, 6) is 6.09. The number of methoxy groups -OCH3 is 2. The summed E-state index contributed by atoms with van der Waals surface area (Å²) in [5.41, 5.74) is 10.5. The fraction of sp³-hybridized carbons (Fsp3) is 0.523. The van der Waals surface area contributed by atoms with Crippen LogP contribution < -0.4 is 5.32 Å². The first-order chi connectivity index (χ1) is 45.9. The number of rotatable bonds is 21. The molecule has 0 spiro atoms. The van der Waals surface area contributed by atoms with Gasteiger partial charge in [0.15, 0.2) is 0 Å². The number of nitrogens with one attached hydrogen (secondary N) is 1. The van der Waals surface area contributed by atoms with Crippen LogP contribution in [0.2, 0.25) is 0 Å². The Morgan fingerprint density at radius 1 is 0.434 bits per heavy atom. The number of likely N-dealkylation sites (tertiary alicyclic amines) is 4. The van der Waals surface area contributed by atoms with Gasteiger partial charge in [0.05, 0.1) is 25.7 Å². The largest absolute Gasteiger partial charge is 0.501 e. The van der Waals surface area contributed by atoms with Gasteiger partial charge in [-0.2, -0.15) is 0 Å². The SMILES string of the molecule is C.C=C(NC)C(C)(C)CC.C=C(OC)C(C)(C)CC.C=C(OC)C(C)CC.C=C1C(C)C(CC(C)c2ccccc2)C(=O)N1C.C=C1C(C)C(CC(C)c2ccccc2)C(=O)N1C.C=C1C(C)C(CC(C)c2ccccc2)C(=O)N1C.C=C1C(C)C(CC(C)c2ccccc2)C(=O)N1C. The molecule has 11 nitrogen and oxygen atoms in total. The normalized spacial score (nSPS) is 21.7. The highest BCUT2D eigenvalue weighted by molar-refractivity contribution is 5.86. The van der Waals surface area contributed by atoms with Crippen LogP contribution in [0.4, 0.5) is 0 Å². The second-order valence-corrected chi connectivity index (χ2v) is 29.1. The predicted molar refractivity (Wildman–Crippen MR) is 421 cm³/mol. The highest BCUT2D eigenvalue weighted by atomic mass is 16.5. The Bertz CT molecular complexity index is 2830. The molecule has 0 bridgehead atoms. The van der Waals surface area contributed by atoms with Crippen molar-refractivity contribution in [3.05, 3.63) is 230 Å². The lowest BCUT2D eigenvalue weighted by Crippen LogP contribution is -2.23. The zero-order valence-electron chi connectivity index (χ0n) is 65.2. The minimum Gasteiger partial charge on any atom is -0.501 e. The van der Waals surface area contributed by atoms with Crippen molar-refractivity contribution in [3.63, 3.8) is 0 Å². The molecule has 4 aromatic rings. The number of benzene rings is 4. The van der Waals surface area contributed by atoms with Gasteiger partial charge in [-0.15, -0.1) is 0 Å². The maximum Gasteiger partial charge on any atom is 0.230 e. The number of carbonyl (C=O) groups excluding carboxylic acids is 4. The summed E-state index contributed by atoms with van der Waals surface area (Å²) < 4.78 is 9.92. The molecule has 4 fully saturated rings. The summed E-state index contributed by atoms with van der Waals surface area (Å²) in [4.78, 5) is 55.5. The molecule has 4 aliphatic heterocycles. The van der Waals surface area contributed by atoms with Crippen LogP contribution in [0.5, 0.6) is 0 Å². The number of allylic oxidation sites excluding steroid dienone is 7. The molecule has 0 aliphatic carbocycles. The van der Waals surface area contributed by atoms with Gasteiger partial charge in [-0.05, 0) is 90.9 Å². The minimum absolute atomic E-state index is 0. The number of carbonyl (C=O) groups is 4. The topological polar surface area (TPSA) is 112 Å². The van der Waals surface area contributed by atoms with Crippen molar-refractivity contribution in [2.45, 2.75) is 187 Å². The molecule has 4 amide bonds. The number of ether oxygens (including phenoxy) is 2. The molecule has 0 saturated carbocycles. The fourth-order valence-electron chi connectivity index (χ4n) is 12.4. The van der Waals surface area contributed by atoms with E-state index in [0.29, 0.717) is 29.6 Å². The van der Waals surface area contributed by atoms with E-state index in [1.54, 1.807) is 33.8 Å². The molecule has 13 unspecified atom stereocenters. The summed E-state index contributed by atoms with van der Waals surface area (Å²) in [6.07, 6.45) is 6.89. The van der Waals surface area contributed by atoms with Gasteiger partial charge in [-0.3, -0.25) is 19.2 Å². The summed E-state index contributed by atoms with van der Waals surface area (Å²) in [6, 6.07) is 41.6. The Hall–Kier alpha value is -7.66. The predicted octanol–water partition coefficient (Wildman–Crippen LogP) is 21.2. The molecule has 0 aromatic heterocycles. The fourth-order valence-corrected chi connectivity index (χ4v) is 12.4. The number of amides is 4. The van der Waals surface area contributed by atoms with E-state index in [2.05, 4.69) is 259 Å². The van der Waals surface area contributed by atoms with Gasteiger partial charge in [0.1, 0.15) is 0 Å². The quantitative estimate of drug-likeness (QED) is 0.0827. The molecule has 11 heteroatoms. The molecule has 0 radical (unpaired) electrons. The summed E-state index contributed by atoms with van der Waals surface area (Å²) in [7, 11) is 12.6. The highest BCUT2D eigenvalue weighted by Crippen LogP contribution is 2.42. The Labute approximate surface area is 604 Å². The first kappa shape index (κ1) is 89.4. The van der Waals surface area contributed by atoms with E-state index in [1.165, 1.54) is 22.3 Å². The third-order valence-electron chi connectivity index (χ3n) is 22.0. The van der Waals surface area contributed by atoms with Crippen molar-refractivity contribution in [3.8, 4) is 0 Å². The lowest BCUT2D eigenvalue weighted by molar-refractivity contribution is -0.130. The Kier molecular flexibility index (Phi) is 38.3. The Morgan fingerprint density at radius 3 is 0.778 bits per heavy atom. The van der Waals surface area contributed by atoms with Gasteiger partial charge >= 0.3 is 0 Å². The molecule has 4 aliphatic rings. The minimum atomic E-state index is 0. The van der Waals surface area contributed by atoms with E-state index in [0.717, 1.165) is 84.9 Å². The lowest BCUT2D eigenvalue weighted by atomic mass is 9.84. The van der Waals surface area contributed by atoms with Crippen LogP contribution in [0, 0.1) is 64.1 Å². The monoisotopic (exact) mass is 1360 g/mol. The number of nitrogens with zero attached hydrogens (tertiary/aromatic N) is 4. The van der Waals surface area contributed by atoms with Crippen molar-refractivity contribution in [2.24, 2.45) is 64.1 Å². The van der Waals surface area contributed by atoms with Crippen LogP contribution in [-0.2, 0) is 28.7 Å². The molecule has 99 heavy (non-hydrogen) atoms. The standard InChI is InChI=1S/4C16H21NO.C8H17N.C8H16O.C7H14O.CH4/c4*1-11(14-8-6-5-7-9-14)10-15-12(2)13(3)17(4)16(15)18;2*1-6-8(3,4)7(2)9-5;1-5-6(2)7(3)8-4;/h4*5-9,11-12,15H,3,10H2,1-2,4H3;9H,2,6H2,1,3-5H3;2,6H2,1,3-5H3;6H,3,5H2,1-2,4H3;1H4.